The second-order valence-corrected chi connectivity index (χ2v) is 7.22. The molecule has 4 heterocycles. The predicted molar refractivity (Wildman–Crippen MR) is 109 cm³/mol. The van der Waals surface area contributed by atoms with Crippen molar-refractivity contribution in [2.45, 2.75) is 25.3 Å². The average molecular weight is 400 g/mol. The molecule has 0 aromatic carbocycles. The number of aromatic nitrogens is 4. The van der Waals surface area contributed by atoms with Gasteiger partial charge in [-0.15, -0.1) is 0 Å². The molecule has 3 aromatic heterocycles. The first-order valence-electron chi connectivity index (χ1n) is 9.69. The topological polar surface area (TPSA) is 114 Å². The third kappa shape index (κ3) is 3.65. The first-order chi connectivity index (χ1) is 14.6. The van der Waals surface area contributed by atoms with Gasteiger partial charge in [0.05, 0.1) is 17.8 Å². The van der Waals surface area contributed by atoms with Gasteiger partial charge in [0.2, 0.25) is 5.91 Å². The van der Waals surface area contributed by atoms with Crippen LogP contribution in [0.15, 0.2) is 36.8 Å². The highest BCUT2D eigenvalue weighted by Crippen LogP contribution is 2.23. The van der Waals surface area contributed by atoms with Crippen LogP contribution in [-0.4, -0.2) is 56.3 Å². The molecular formula is C21H20N8O. The van der Waals surface area contributed by atoms with Crippen LogP contribution >= 0.6 is 0 Å². The van der Waals surface area contributed by atoms with Gasteiger partial charge in [0, 0.05) is 38.6 Å². The van der Waals surface area contributed by atoms with E-state index in [2.05, 4.69) is 20.9 Å². The van der Waals surface area contributed by atoms with Crippen molar-refractivity contribution in [3.63, 3.8) is 0 Å². The third-order valence-corrected chi connectivity index (χ3v) is 5.39. The molecule has 0 N–H and O–H groups in total. The lowest BCUT2D eigenvalue weighted by Crippen LogP contribution is -2.48. The minimum atomic E-state index is -0.127. The standard InChI is InChI=1S/C21H20N8O/c1-27(16-3-2-10-28(14-16)20(30)6-8-22)19-7-9-24-21(26-19)17-12-25-18-5-4-15(11-23)13-29(17)18/h4-5,7,9,12-13,16H,2-3,6,10,14H2,1H3/t16-/m1/s1. The Balaban J connectivity index is 1.60. The number of carbonyl (C=O) groups is 1. The number of nitrogens with zero attached hydrogens (tertiary/aromatic N) is 8. The second kappa shape index (κ2) is 8.18. The molecule has 30 heavy (non-hydrogen) atoms. The van der Waals surface area contributed by atoms with Crippen LogP contribution in [0.25, 0.3) is 17.2 Å². The number of rotatable bonds is 4. The van der Waals surface area contributed by atoms with E-state index in [1.54, 1.807) is 40.0 Å². The summed E-state index contributed by atoms with van der Waals surface area (Å²) >= 11 is 0. The van der Waals surface area contributed by atoms with Gasteiger partial charge in [-0.05, 0) is 31.0 Å². The zero-order valence-electron chi connectivity index (χ0n) is 16.6. The minimum Gasteiger partial charge on any atom is -0.355 e. The number of piperidine rings is 1. The zero-order chi connectivity index (χ0) is 21.1. The van der Waals surface area contributed by atoms with E-state index >= 15 is 0 Å². The van der Waals surface area contributed by atoms with Crippen LogP contribution in [0.4, 0.5) is 5.82 Å². The van der Waals surface area contributed by atoms with Gasteiger partial charge < -0.3 is 9.80 Å². The molecule has 1 atom stereocenters. The minimum absolute atomic E-state index is 0.0902. The summed E-state index contributed by atoms with van der Waals surface area (Å²) in [6.07, 6.45) is 6.84. The highest BCUT2D eigenvalue weighted by atomic mass is 16.2. The molecule has 0 unspecified atom stereocenters. The van der Waals surface area contributed by atoms with Crippen molar-refractivity contribution >= 4 is 17.4 Å². The van der Waals surface area contributed by atoms with Crippen LogP contribution in [0.1, 0.15) is 24.8 Å². The first kappa shape index (κ1) is 19.3. The van der Waals surface area contributed by atoms with E-state index in [1.165, 1.54) is 0 Å². The number of likely N-dealkylation sites (tertiary alicyclic amines) is 1. The van der Waals surface area contributed by atoms with Crippen molar-refractivity contribution in [3.05, 3.63) is 42.4 Å². The molecule has 0 aliphatic carbocycles. The van der Waals surface area contributed by atoms with Crippen LogP contribution < -0.4 is 4.90 Å². The number of hydrogen-bond acceptors (Lipinski definition) is 7. The summed E-state index contributed by atoms with van der Waals surface area (Å²) in [5.41, 5.74) is 1.94. The van der Waals surface area contributed by atoms with Crippen LogP contribution in [0, 0.1) is 22.7 Å². The Morgan fingerprint density at radius 1 is 1.30 bits per heavy atom. The van der Waals surface area contributed by atoms with Gasteiger partial charge in [-0.25, -0.2) is 15.0 Å². The van der Waals surface area contributed by atoms with Gasteiger partial charge in [0.15, 0.2) is 5.82 Å². The van der Waals surface area contributed by atoms with E-state index < -0.39 is 0 Å². The van der Waals surface area contributed by atoms with E-state index in [4.69, 9.17) is 10.2 Å². The summed E-state index contributed by atoms with van der Waals surface area (Å²) in [6.45, 7) is 1.25. The monoisotopic (exact) mass is 400 g/mol. The fraction of sp³-hybridized carbons (Fsp3) is 0.333. The summed E-state index contributed by atoms with van der Waals surface area (Å²) in [6, 6.07) is 9.52. The van der Waals surface area contributed by atoms with Crippen LogP contribution in [0.3, 0.4) is 0 Å². The molecule has 1 fully saturated rings. The molecule has 4 rings (SSSR count). The Kier molecular flexibility index (Phi) is 5.27. The number of imidazole rings is 1. The number of carbonyl (C=O) groups excluding carboxylic acids is 1. The number of amides is 1. The lowest BCUT2D eigenvalue weighted by Gasteiger charge is -2.38. The Morgan fingerprint density at radius 3 is 2.97 bits per heavy atom. The summed E-state index contributed by atoms with van der Waals surface area (Å²) in [4.78, 5) is 29.4. The van der Waals surface area contributed by atoms with Gasteiger partial charge in [-0.1, -0.05) is 0 Å². The quantitative estimate of drug-likeness (QED) is 0.658. The maximum atomic E-state index is 12.1. The number of likely N-dealkylation sites (N-methyl/N-ethyl adjacent to an activating group) is 1. The number of pyridine rings is 1. The van der Waals surface area contributed by atoms with Crippen molar-refractivity contribution in [2.75, 3.05) is 25.0 Å². The molecule has 150 valence electrons. The SMILES string of the molecule is CN(c1ccnc(-c2cnc3ccc(C#N)cn23)n1)[C@@H]1CCCN(C(=O)CC#N)C1. The number of fused-ring (bicyclic) bond motifs is 1. The number of nitriles is 2. The molecule has 0 saturated carbocycles. The normalized spacial score (nSPS) is 16.1. The average Bonchev–Trinajstić information content (AvgIpc) is 3.22. The lowest BCUT2D eigenvalue weighted by molar-refractivity contribution is -0.131. The highest BCUT2D eigenvalue weighted by Gasteiger charge is 2.27. The van der Waals surface area contributed by atoms with Crippen molar-refractivity contribution in [1.29, 1.82) is 10.5 Å². The Bertz CT molecular complexity index is 1170. The highest BCUT2D eigenvalue weighted by molar-refractivity contribution is 5.78. The summed E-state index contributed by atoms with van der Waals surface area (Å²) in [7, 11) is 1.96. The van der Waals surface area contributed by atoms with Gasteiger partial charge in [0.25, 0.3) is 0 Å². The summed E-state index contributed by atoms with van der Waals surface area (Å²) in [5, 5.41) is 18.0. The smallest absolute Gasteiger partial charge is 0.236 e. The summed E-state index contributed by atoms with van der Waals surface area (Å²) in [5.74, 6) is 1.12. The van der Waals surface area contributed by atoms with Gasteiger partial charge in [0.1, 0.15) is 29.6 Å². The second-order valence-electron chi connectivity index (χ2n) is 7.22. The molecule has 1 saturated heterocycles. The molecule has 0 bridgehead atoms. The molecule has 9 heteroatoms. The van der Waals surface area contributed by atoms with E-state index in [0.717, 1.165) is 18.7 Å². The fourth-order valence-electron chi connectivity index (χ4n) is 3.75. The molecule has 0 radical (unpaired) electrons. The van der Waals surface area contributed by atoms with Gasteiger partial charge in [-0.3, -0.25) is 9.20 Å². The Labute approximate surface area is 173 Å². The van der Waals surface area contributed by atoms with E-state index in [0.29, 0.717) is 35.8 Å². The molecule has 9 nitrogen and oxygen atoms in total. The number of hydrogen-bond donors (Lipinski definition) is 0. The molecule has 1 aliphatic heterocycles. The molecule has 1 amide bonds. The lowest BCUT2D eigenvalue weighted by atomic mass is 10.0. The number of anilines is 1. The van der Waals surface area contributed by atoms with Crippen LogP contribution in [0.2, 0.25) is 0 Å². The summed E-state index contributed by atoms with van der Waals surface area (Å²) < 4.78 is 1.81. The zero-order valence-corrected chi connectivity index (χ0v) is 16.6. The van der Waals surface area contributed by atoms with E-state index in [1.807, 2.05) is 19.2 Å². The van der Waals surface area contributed by atoms with Gasteiger partial charge >= 0.3 is 0 Å². The van der Waals surface area contributed by atoms with Crippen molar-refractivity contribution in [2.24, 2.45) is 0 Å². The van der Waals surface area contributed by atoms with Crippen LogP contribution in [0.5, 0.6) is 0 Å². The van der Waals surface area contributed by atoms with Crippen molar-refractivity contribution in [1.82, 2.24) is 24.3 Å². The molecule has 3 aromatic rings. The molecule has 1 aliphatic rings. The Hall–Kier alpha value is -3.98. The van der Waals surface area contributed by atoms with E-state index in [-0.39, 0.29) is 18.4 Å². The van der Waals surface area contributed by atoms with Crippen molar-refractivity contribution in [3.8, 4) is 23.7 Å². The van der Waals surface area contributed by atoms with Crippen molar-refractivity contribution < 1.29 is 4.79 Å². The maximum Gasteiger partial charge on any atom is 0.236 e. The maximum absolute atomic E-state index is 12.1. The predicted octanol–water partition coefficient (Wildman–Crippen LogP) is 2.00. The largest absolute Gasteiger partial charge is 0.355 e. The third-order valence-electron chi connectivity index (χ3n) is 5.39. The van der Waals surface area contributed by atoms with Gasteiger partial charge in [-0.2, -0.15) is 10.5 Å². The molecule has 0 spiro atoms. The Morgan fingerprint density at radius 2 is 2.17 bits per heavy atom. The molecular weight excluding hydrogens is 380 g/mol. The van der Waals surface area contributed by atoms with Crippen LogP contribution in [-0.2, 0) is 4.79 Å². The fourth-order valence-corrected chi connectivity index (χ4v) is 3.75. The first-order valence-corrected chi connectivity index (χ1v) is 9.69. The van der Waals surface area contributed by atoms with E-state index in [9.17, 15) is 10.1 Å².